The van der Waals surface area contributed by atoms with Gasteiger partial charge in [-0.25, -0.2) is 5.01 Å². The summed E-state index contributed by atoms with van der Waals surface area (Å²) in [7, 11) is 0. The zero-order chi connectivity index (χ0) is 20.2. The Morgan fingerprint density at radius 2 is 1.60 bits per heavy atom. The lowest BCUT2D eigenvalue weighted by atomic mass is 9.95. The van der Waals surface area contributed by atoms with E-state index in [1.807, 2.05) is 65.7 Å². The highest BCUT2D eigenvalue weighted by Gasteiger charge is 2.41. The largest absolute Gasteiger partial charge is 0.464 e. The molecule has 150 valence electrons. The van der Waals surface area contributed by atoms with Crippen LogP contribution in [0.4, 0.5) is 0 Å². The van der Waals surface area contributed by atoms with Gasteiger partial charge in [0.25, 0.3) is 0 Å². The molecule has 0 bridgehead atoms. The van der Waals surface area contributed by atoms with Crippen molar-refractivity contribution in [2.24, 2.45) is 5.10 Å². The van der Waals surface area contributed by atoms with Gasteiger partial charge in [0.05, 0.1) is 11.8 Å². The van der Waals surface area contributed by atoms with Crippen LogP contribution in [0.5, 0.6) is 17.2 Å². The molecule has 6 rings (SSSR count). The van der Waals surface area contributed by atoms with Crippen LogP contribution in [0.1, 0.15) is 35.4 Å². The Morgan fingerprint density at radius 1 is 0.833 bits per heavy atom. The Bertz CT molecular complexity index is 1180. The number of fused-ring (bicyclic) bond motifs is 4. The van der Waals surface area contributed by atoms with Gasteiger partial charge in [-0.15, -0.1) is 0 Å². The van der Waals surface area contributed by atoms with E-state index in [0.29, 0.717) is 10.0 Å². The summed E-state index contributed by atoms with van der Waals surface area (Å²) >= 11 is 12.4. The molecule has 3 aliphatic heterocycles. The van der Waals surface area contributed by atoms with Gasteiger partial charge in [-0.1, -0.05) is 35.3 Å². The Kier molecular flexibility index (Phi) is 4.08. The summed E-state index contributed by atoms with van der Waals surface area (Å²) in [5, 5.41) is 8.35. The lowest BCUT2D eigenvalue weighted by Crippen LogP contribution is -2.33. The molecule has 2 atom stereocenters. The Balaban J connectivity index is 1.43. The van der Waals surface area contributed by atoms with Crippen molar-refractivity contribution >= 4 is 28.9 Å². The van der Waals surface area contributed by atoms with E-state index in [2.05, 4.69) is 0 Å². The third-order valence-electron chi connectivity index (χ3n) is 5.61. The topological polar surface area (TPSA) is 43.3 Å². The molecule has 3 heterocycles. The minimum absolute atomic E-state index is 0.0218. The molecular formula is C23H16Cl2N2O3. The lowest BCUT2D eigenvalue weighted by molar-refractivity contribution is -0.0190. The quantitative estimate of drug-likeness (QED) is 0.494. The summed E-state index contributed by atoms with van der Waals surface area (Å²) in [6.07, 6.45) is 0.382. The van der Waals surface area contributed by atoms with Gasteiger partial charge >= 0.3 is 0 Å². The molecule has 3 aromatic rings. The molecule has 0 aromatic heterocycles. The summed E-state index contributed by atoms with van der Waals surface area (Å²) < 4.78 is 17.3. The highest BCUT2D eigenvalue weighted by Crippen LogP contribution is 2.48. The van der Waals surface area contributed by atoms with E-state index in [0.717, 1.165) is 46.1 Å². The number of nitrogens with zero attached hydrogens (tertiary/aromatic N) is 2. The fourth-order valence-corrected chi connectivity index (χ4v) is 4.46. The van der Waals surface area contributed by atoms with Crippen molar-refractivity contribution in [1.82, 2.24) is 5.01 Å². The van der Waals surface area contributed by atoms with Gasteiger partial charge in [0.15, 0.2) is 11.5 Å². The predicted octanol–water partition coefficient (Wildman–Crippen LogP) is 5.96. The second-order valence-electron chi connectivity index (χ2n) is 7.42. The van der Waals surface area contributed by atoms with E-state index in [1.165, 1.54) is 0 Å². The van der Waals surface area contributed by atoms with Crippen LogP contribution >= 0.6 is 23.2 Å². The average Bonchev–Trinajstić information content (AvgIpc) is 3.41. The molecule has 0 unspecified atom stereocenters. The highest BCUT2D eigenvalue weighted by atomic mass is 35.5. The molecule has 30 heavy (non-hydrogen) atoms. The highest BCUT2D eigenvalue weighted by molar-refractivity contribution is 6.30. The van der Waals surface area contributed by atoms with Crippen LogP contribution in [0.25, 0.3) is 0 Å². The van der Waals surface area contributed by atoms with Gasteiger partial charge in [0.2, 0.25) is 13.0 Å². The molecule has 0 radical (unpaired) electrons. The number of benzene rings is 3. The van der Waals surface area contributed by atoms with Crippen LogP contribution in [-0.4, -0.2) is 17.5 Å². The standard InChI is InChI=1S/C23H16Cl2N2O3/c24-15-4-1-13(2-5-15)23-27-19(17-10-16(25)6-8-20(17)30-23)11-18(26-27)14-3-7-21-22(9-14)29-12-28-21/h1-10,19,23H,11-12H2/t19-,23+/m0/s1. The lowest BCUT2D eigenvalue weighted by Gasteiger charge is -2.38. The summed E-state index contributed by atoms with van der Waals surface area (Å²) in [4.78, 5) is 0. The maximum atomic E-state index is 6.36. The van der Waals surface area contributed by atoms with E-state index in [1.54, 1.807) is 0 Å². The molecule has 5 nitrogen and oxygen atoms in total. The normalized spacial score (nSPS) is 21.0. The van der Waals surface area contributed by atoms with Crippen molar-refractivity contribution in [2.75, 3.05) is 6.79 Å². The van der Waals surface area contributed by atoms with Crippen LogP contribution in [0.3, 0.4) is 0 Å². The molecule has 0 fully saturated rings. The molecule has 0 spiro atoms. The van der Waals surface area contributed by atoms with E-state index >= 15 is 0 Å². The molecule has 3 aromatic carbocycles. The summed E-state index contributed by atoms with van der Waals surface area (Å²) in [5.74, 6) is 2.33. The number of rotatable bonds is 2. The number of hydrogen-bond acceptors (Lipinski definition) is 5. The first-order valence-corrected chi connectivity index (χ1v) is 10.4. The Hall–Kier alpha value is -2.89. The smallest absolute Gasteiger partial charge is 0.231 e. The van der Waals surface area contributed by atoms with Crippen LogP contribution in [0.2, 0.25) is 10.0 Å². The van der Waals surface area contributed by atoms with E-state index < -0.39 is 0 Å². The first-order valence-electron chi connectivity index (χ1n) is 9.63. The van der Waals surface area contributed by atoms with E-state index in [9.17, 15) is 0 Å². The summed E-state index contributed by atoms with van der Waals surface area (Å²) in [5.41, 5.74) is 3.99. The molecule has 0 saturated heterocycles. The number of hydrogen-bond donors (Lipinski definition) is 0. The molecule has 0 aliphatic carbocycles. The van der Waals surface area contributed by atoms with Crippen molar-refractivity contribution < 1.29 is 14.2 Å². The minimum atomic E-state index is -0.354. The zero-order valence-corrected chi connectivity index (χ0v) is 17.2. The Labute approximate surface area is 183 Å². The third-order valence-corrected chi connectivity index (χ3v) is 6.10. The molecule has 0 N–H and O–H groups in total. The number of ether oxygens (including phenoxy) is 3. The van der Waals surface area contributed by atoms with Crippen molar-refractivity contribution in [3.05, 3.63) is 87.4 Å². The van der Waals surface area contributed by atoms with Crippen molar-refractivity contribution in [3.8, 4) is 17.2 Å². The fourth-order valence-electron chi connectivity index (χ4n) is 4.16. The number of halogens is 2. The molecular weight excluding hydrogens is 423 g/mol. The molecule has 0 saturated carbocycles. The van der Waals surface area contributed by atoms with Crippen molar-refractivity contribution in [3.63, 3.8) is 0 Å². The fraction of sp³-hybridized carbons (Fsp3) is 0.174. The first kappa shape index (κ1) is 17.9. The van der Waals surface area contributed by atoms with Gasteiger partial charge in [-0.3, -0.25) is 0 Å². The third kappa shape index (κ3) is 2.89. The van der Waals surface area contributed by atoms with Crippen LogP contribution < -0.4 is 14.2 Å². The second-order valence-corrected chi connectivity index (χ2v) is 8.29. The summed E-state index contributed by atoms with van der Waals surface area (Å²) in [6, 6.07) is 19.4. The van der Waals surface area contributed by atoms with Gasteiger partial charge in [0.1, 0.15) is 5.75 Å². The van der Waals surface area contributed by atoms with Crippen molar-refractivity contribution in [1.29, 1.82) is 0 Å². The molecule has 7 heteroatoms. The van der Waals surface area contributed by atoms with E-state index in [-0.39, 0.29) is 19.1 Å². The van der Waals surface area contributed by atoms with Gasteiger partial charge in [-0.2, -0.15) is 5.10 Å². The van der Waals surface area contributed by atoms with Gasteiger partial charge in [0, 0.05) is 33.2 Å². The maximum Gasteiger partial charge on any atom is 0.231 e. The van der Waals surface area contributed by atoms with Gasteiger partial charge in [-0.05, 0) is 48.5 Å². The molecule has 3 aliphatic rings. The van der Waals surface area contributed by atoms with Crippen molar-refractivity contribution in [2.45, 2.75) is 18.7 Å². The zero-order valence-electron chi connectivity index (χ0n) is 15.7. The minimum Gasteiger partial charge on any atom is -0.464 e. The predicted molar refractivity (Wildman–Crippen MR) is 115 cm³/mol. The summed E-state index contributed by atoms with van der Waals surface area (Å²) in [6.45, 7) is 0.248. The number of hydrazone groups is 1. The average molecular weight is 439 g/mol. The monoisotopic (exact) mass is 438 g/mol. The second kappa shape index (κ2) is 6.83. The van der Waals surface area contributed by atoms with Crippen LogP contribution in [0, 0.1) is 0 Å². The van der Waals surface area contributed by atoms with Crippen LogP contribution in [-0.2, 0) is 0 Å². The first-order chi connectivity index (χ1) is 14.7. The Morgan fingerprint density at radius 3 is 2.47 bits per heavy atom. The van der Waals surface area contributed by atoms with E-state index in [4.69, 9.17) is 42.5 Å². The maximum absolute atomic E-state index is 6.36. The molecule has 0 amide bonds. The van der Waals surface area contributed by atoms with Gasteiger partial charge < -0.3 is 14.2 Å². The van der Waals surface area contributed by atoms with Crippen LogP contribution in [0.15, 0.2) is 65.8 Å². The SMILES string of the molecule is Clc1ccc([C@H]2Oc3ccc(Cl)cc3[C@@H]3CC(c4ccc5c(c4)OCO5)=NN23)cc1.